The zero-order valence-electron chi connectivity index (χ0n) is 10.7. The molecule has 1 atom stereocenters. The number of hydrogen-bond acceptors (Lipinski definition) is 3. The van der Waals surface area contributed by atoms with E-state index in [1.165, 1.54) is 18.4 Å². The topological polar surface area (TPSA) is 29.0 Å². The molecule has 0 N–H and O–H groups in total. The van der Waals surface area contributed by atoms with Gasteiger partial charge in [0.1, 0.15) is 0 Å². The summed E-state index contributed by atoms with van der Waals surface area (Å²) in [4.78, 5) is 2.30. The highest BCUT2D eigenvalue weighted by Crippen LogP contribution is 2.28. The van der Waals surface area contributed by atoms with Crippen LogP contribution in [0.2, 0.25) is 5.15 Å². The molecule has 0 spiro atoms. The summed E-state index contributed by atoms with van der Waals surface area (Å²) < 4.78 is 0. The third-order valence-corrected chi connectivity index (χ3v) is 3.84. The zero-order chi connectivity index (χ0) is 13.1. The van der Waals surface area contributed by atoms with Gasteiger partial charge in [-0.3, -0.25) is 0 Å². The molecule has 1 aliphatic rings. The first-order valence-corrected chi connectivity index (χ1v) is 7.00. The van der Waals surface area contributed by atoms with Gasteiger partial charge in [0, 0.05) is 19.0 Å². The van der Waals surface area contributed by atoms with Crippen molar-refractivity contribution in [3.8, 4) is 0 Å². The Hall–Kier alpha value is -1.61. The van der Waals surface area contributed by atoms with E-state index < -0.39 is 0 Å². The number of piperidine rings is 1. The molecule has 1 fully saturated rings. The number of aromatic nitrogens is 2. The van der Waals surface area contributed by atoms with Gasteiger partial charge in [-0.1, -0.05) is 41.9 Å². The molecule has 2 heterocycles. The fourth-order valence-electron chi connectivity index (χ4n) is 2.66. The molecule has 0 bridgehead atoms. The van der Waals surface area contributed by atoms with E-state index >= 15 is 0 Å². The zero-order valence-corrected chi connectivity index (χ0v) is 11.4. The Bertz CT molecular complexity index is 527. The van der Waals surface area contributed by atoms with Crippen LogP contribution in [0.4, 0.5) is 5.82 Å². The molecular formula is C15H16ClN3. The molecule has 0 saturated carbocycles. The van der Waals surface area contributed by atoms with E-state index in [1.807, 2.05) is 6.07 Å². The fourth-order valence-corrected chi connectivity index (χ4v) is 2.76. The van der Waals surface area contributed by atoms with Crippen LogP contribution < -0.4 is 4.90 Å². The molecule has 1 saturated heterocycles. The molecule has 3 nitrogen and oxygen atoms in total. The monoisotopic (exact) mass is 273 g/mol. The normalized spacial score (nSPS) is 19.4. The van der Waals surface area contributed by atoms with Gasteiger partial charge < -0.3 is 4.90 Å². The Kier molecular flexibility index (Phi) is 3.65. The van der Waals surface area contributed by atoms with Gasteiger partial charge in [-0.2, -0.15) is 0 Å². The third-order valence-electron chi connectivity index (χ3n) is 3.63. The van der Waals surface area contributed by atoms with Gasteiger partial charge in [-0.15, -0.1) is 10.2 Å². The largest absolute Gasteiger partial charge is 0.355 e. The summed E-state index contributed by atoms with van der Waals surface area (Å²) in [6.45, 7) is 2.04. The first-order chi connectivity index (χ1) is 9.33. The average molecular weight is 274 g/mol. The standard InChI is InChI=1S/C15H16ClN3/c16-14-8-9-15(18-17-14)19-10-4-7-13(11-19)12-5-2-1-3-6-12/h1-3,5-6,8-9,13H,4,7,10-11H2. The Morgan fingerprint density at radius 2 is 1.89 bits per heavy atom. The Morgan fingerprint density at radius 1 is 1.05 bits per heavy atom. The molecule has 0 radical (unpaired) electrons. The lowest BCUT2D eigenvalue weighted by Crippen LogP contribution is -2.35. The Labute approximate surface area is 118 Å². The molecule has 1 aromatic carbocycles. The summed E-state index contributed by atoms with van der Waals surface area (Å²) in [5, 5.41) is 8.54. The van der Waals surface area contributed by atoms with Gasteiger partial charge in [0.15, 0.2) is 11.0 Å². The number of halogens is 1. The van der Waals surface area contributed by atoms with E-state index in [4.69, 9.17) is 11.6 Å². The van der Waals surface area contributed by atoms with Crippen LogP contribution in [0.1, 0.15) is 24.3 Å². The van der Waals surface area contributed by atoms with E-state index in [9.17, 15) is 0 Å². The maximum absolute atomic E-state index is 5.78. The average Bonchev–Trinajstić information content (AvgIpc) is 2.49. The Morgan fingerprint density at radius 3 is 2.63 bits per heavy atom. The van der Waals surface area contributed by atoms with Crippen molar-refractivity contribution < 1.29 is 0 Å². The molecule has 1 unspecified atom stereocenters. The smallest absolute Gasteiger partial charge is 0.151 e. The van der Waals surface area contributed by atoms with Crippen LogP contribution in [0.25, 0.3) is 0 Å². The molecule has 2 aromatic rings. The van der Waals surface area contributed by atoms with Crippen molar-refractivity contribution in [2.24, 2.45) is 0 Å². The number of hydrogen-bond donors (Lipinski definition) is 0. The SMILES string of the molecule is Clc1ccc(N2CCCC(c3ccccc3)C2)nn1. The molecule has 0 amide bonds. The van der Waals surface area contributed by atoms with E-state index in [2.05, 4.69) is 45.4 Å². The van der Waals surface area contributed by atoms with Gasteiger partial charge in [0.2, 0.25) is 0 Å². The van der Waals surface area contributed by atoms with Crippen LogP contribution in [0.5, 0.6) is 0 Å². The van der Waals surface area contributed by atoms with Crippen molar-refractivity contribution >= 4 is 17.4 Å². The van der Waals surface area contributed by atoms with Gasteiger partial charge in [0.05, 0.1) is 0 Å². The third kappa shape index (κ3) is 2.87. The predicted molar refractivity (Wildman–Crippen MR) is 77.7 cm³/mol. The second kappa shape index (κ2) is 5.57. The molecule has 4 heteroatoms. The molecule has 0 aliphatic carbocycles. The minimum atomic E-state index is 0.445. The molecule has 1 aliphatic heterocycles. The molecule has 3 rings (SSSR count). The van der Waals surface area contributed by atoms with E-state index in [0.29, 0.717) is 11.1 Å². The van der Waals surface area contributed by atoms with Crippen LogP contribution in [-0.4, -0.2) is 23.3 Å². The number of benzene rings is 1. The van der Waals surface area contributed by atoms with Crippen molar-refractivity contribution in [2.45, 2.75) is 18.8 Å². The maximum atomic E-state index is 5.78. The second-order valence-corrected chi connectivity index (χ2v) is 5.30. The number of rotatable bonds is 2. The Balaban J connectivity index is 1.76. The van der Waals surface area contributed by atoms with Gasteiger partial charge in [0.25, 0.3) is 0 Å². The van der Waals surface area contributed by atoms with Gasteiger partial charge in [-0.25, -0.2) is 0 Å². The quantitative estimate of drug-likeness (QED) is 0.838. The molecule has 1 aromatic heterocycles. The van der Waals surface area contributed by atoms with Crippen LogP contribution in [-0.2, 0) is 0 Å². The second-order valence-electron chi connectivity index (χ2n) is 4.91. The van der Waals surface area contributed by atoms with Crippen molar-refractivity contribution in [1.82, 2.24) is 10.2 Å². The highest BCUT2D eigenvalue weighted by atomic mass is 35.5. The highest BCUT2D eigenvalue weighted by molar-refractivity contribution is 6.29. The summed E-state index contributed by atoms with van der Waals surface area (Å²) in [5.74, 6) is 1.50. The number of nitrogens with zero attached hydrogens (tertiary/aromatic N) is 3. The van der Waals surface area contributed by atoms with Crippen LogP contribution >= 0.6 is 11.6 Å². The van der Waals surface area contributed by atoms with Crippen molar-refractivity contribution in [3.63, 3.8) is 0 Å². The van der Waals surface area contributed by atoms with E-state index in [0.717, 1.165) is 18.9 Å². The molecule has 19 heavy (non-hydrogen) atoms. The van der Waals surface area contributed by atoms with Crippen molar-refractivity contribution in [2.75, 3.05) is 18.0 Å². The van der Waals surface area contributed by atoms with E-state index in [1.54, 1.807) is 6.07 Å². The maximum Gasteiger partial charge on any atom is 0.151 e. The van der Waals surface area contributed by atoms with Crippen LogP contribution in [0, 0.1) is 0 Å². The van der Waals surface area contributed by atoms with Crippen LogP contribution in [0.3, 0.4) is 0 Å². The molecule has 98 valence electrons. The summed E-state index contributed by atoms with van der Waals surface area (Å²) in [7, 11) is 0. The van der Waals surface area contributed by atoms with Gasteiger partial charge in [-0.05, 0) is 30.5 Å². The first-order valence-electron chi connectivity index (χ1n) is 6.62. The summed E-state index contributed by atoms with van der Waals surface area (Å²) in [6.07, 6.45) is 2.42. The van der Waals surface area contributed by atoms with Crippen molar-refractivity contribution in [1.29, 1.82) is 0 Å². The summed E-state index contributed by atoms with van der Waals surface area (Å²) in [6, 6.07) is 14.4. The van der Waals surface area contributed by atoms with E-state index in [-0.39, 0.29) is 0 Å². The van der Waals surface area contributed by atoms with Gasteiger partial charge >= 0.3 is 0 Å². The number of anilines is 1. The first kappa shape index (κ1) is 12.4. The van der Waals surface area contributed by atoms with Crippen molar-refractivity contribution in [3.05, 3.63) is 53.2 Å². The fraction of sp³-hybridized carbons (Fsp3) is 0.333. The lowest BCUT2D eigenvalue weighted by atomic mass is 9.91. The van der Waals surface area contributed by atoms with Crippen LogP contribution in [0.15, 0.2) is 42.5 Å². The minimum absolute atomic E-state index is 0.445. The lowest BCUT2D eigenvalue weighted by Gasteiger charge is -2.33. The minimum Gasteiger partial charge on any atom is -0.355 e. The lowest BCUT2D eigenvalue weighted by molar-refractivity contribution is 0.506. The predicted octanol–water partition coefficient (Wildman–Crippen LogP) is 3.51. The summed E-state index contributed by atoms with van der Waals surface area (Å²) in [5.41, 5.74) is 1.41. The summed E-state index contributed by atoms with van der Waals surface area (Å²) >= 11 is 5.78. The highest BCUT2D eigenvalue weighted by Gasteiger charge is 2.22. The molecular weight excluding hydrogens is 258 g/mol.